The smallest absolute Gasteiger partial charge is 0.326 e. The van der Waals surface area contributed by atoms with Crippen molar-refractivity contribution >= 4 is 17.8 Å². The zero-order chi connectivity index (χ0) is 20.0. The molecule has 148 valence electrons. The number of nitrogens with one attached hydrogen (secondary N) is 1. The maximum absolute atomic E-state index is 12.4. The third-order valence-electron chi connectivity index (χ3n) is 5.05. The van der Waals surface area contributed by atoms with Gasteiger partial charge in [0.2, 0.25) is 11.8 Å². The van der Waals surface area contributed by atoms with E-state index in [1.807, 2.05) is 32.0 Å². The van der Waals surface area contributed by atoms with Gasteiger partial charge in [0.25, 0.3) is 0 Å². The van der Waals surface area contributed by atoms with E-state index in [0.717, 1.165) is 12.0 Å². The van der Waals surface area contributed by atoms with Crippen LogP contribution < -0.4 is 5.32 Å². The van der Waals surface area contributed by atoms with Crippen molar-refractivity contribution in [1.82, 2.24) is 10.2 Å². The van der Waals surface area contributed by atoms with Gasteiger partial charge in [0.05, 0.1) is 0 Å². The molecule has 0 aliphatic carbocycles. The summed E-state index contributed by atoms with van der Waals surface area (Å²) in [4.78, 5) is 37.9. The topological polar surface area (TPSA) is 86.7 Å². The summed E-state index contributed by atoms with van der Waals surface area (Å²) in [6.07, 6.45) is 2.47. The Bertz CT molecular complexity index is 687. The van der Waals surface area contributed by atoms with E-state index < -0.39 is 12.0 Å². The summed E-state index contributed by atoms with van der Waals surface area (Å²) in [6.45, 7) is 6.42. The van der Waals surface area contributed by atoms with Gasteiger partial charge in [-0.25, -0.2) is 4.79 Å². The zero-order valence-corrected chi connectivity index (χ0v) is 16.4. The number of carboxylic acid groups (broad SMARTS) is 1. The van der Waals surface area contributed by atoms with E-state index in [1.54, 1.807) is 4.90 Å². The third-order valence-corrected chi connectivity index (χ3v) is 5.05. The van der Waals surface area contributed by atoms with Crippen LogP contribution in [0.15, 0.2) is 24.3 Å². The highest BCUT2D eigenvalue weighted by Gasteiger charge is 2.33. The molecule has 1 aromatic rings. The van der Waals surface area contributed by atoms with Gasteiger partial charge in [0.1, 0.15) is 6.04 Å². The number of aryl methyl sites for hydroxylation is 1. The Morgan fingerprint density at radius 3 is 2.52 bits per heavy atom. The second kappa shape index (κ2) is 9.53. The molecule has 27 heavy (non-hydrogen) atoms. The Hall–Kier alpha value is -2.37. The lowest BCUT2D eigenvalue weighted by atomic mass is 10.0. The quantitative estimate of drug-likeness (QED) is 0.696. The monoisotopic (exact) mass is 374 g/mol. The summed E-state index contributed by atoms with van der Waals surface area (Å²) in [5, 5.41) is 11.9. The van der Waals surface area contributed by atoms with Gasteiger partial charge in [-0.2, -0.15) is 0 Å². The van der Waals surface area contributed by atoms with Crippen LogP contribution in [0.2, 0.25) is 0 Å². The normalized spacial score (nSPS) is 18.0. The van der Waals surface area contributed by atoms with Crippen molar-refractivity contribution in [2.75, 3.05) is 0 Å². The number of nitrogens with zero attached hydrogens (tertiary/aromatic N) is 1. The van der Waals surface area contributed by atoms with Gasteiger partial charge in [0.15, 0.2) is 0 Å². The van der Waals surface area contributed by atoms with Gasteiger partial charge >= 0.3 is 5.97 Å². The average molecular weight is 374 g/mol. The minimum Gasteiger partial charge on any atom is -0.480 e. The van der Waals surface area contributed by atoms with Gasteiger partial charge in [-0.1, -0.05) is 45.0 Å². The predicted molar refractivity (Wildman–Crippen MR) is 103 cm³/mol. The fourth-order valence-electron chi connectivity index (χ4n) is 3.62. The molecule has 0 spiro atoms. The standard InChI is InChI=1S/C21H30N2O4/c1-4-15-7-5-6-8-16(15)13-23-17(9-10-20(23)25)12-19(24)22-18(21(26)27)11-14(2)3/h5-8,14,17-18H,4,9-13H2,1-3H3,(H,22,24)(H,26,27)/t17-,18+/m1/s1. The molecule has 2 N–H and O–H groups in total. The summed E-state index contributed by atoms with van der Waals surface area (Å²) in [5.74, 6) is -1.11. The van der Waals surface area contributed by atoms with Crippen molar-refractivity contribution in [2.45, 2.75) is 71.5 Å². The first-order chi connectivity index (χ1) is 12.8. The van der Waals surface area contributed by atoms with Crippen LogP contribution in [-0.4, -0.2) is 39.9 Å². The molecule has 2 amide bonds. The number of likely N-dealkylation sites (tertiary alicyclic amines) is 1. The number of carboxylic acids is 1. The number of aliphatic carboxylic acids is 1. The fourth-order valence-corrected chi connectivity index (χ4v) is 3.62. The highest BCUT2D eigenvalue weighted by atomic mass is 16.4. The molecule has 1 aromatic carbocycles. The Balaban J connectivity index is 2.02. The Morgan fingerprint density at radius 1 is 1.26 bits per heavy atom. The molecular weight excluding hydrogens is 344 g/mol. The van der Waals surface area contributed by atoms with Crippen molar-refractivity contribution in [3.8, 4) is 0 Å². The Morgan fingerprint density at radius 2 is 1.93 bits per heavy atom. The van der Waals surface area contributed by atoms with Crippen LogP contribution in [-0.2, 0) is 27.3 Å². The number of carbonyl (C=O) groups excluding carboxylic acids is 2. The summed E-state index contributed by atoms with van der Waals surface area (Å²) in [6, 6.07) is 6.95. The second-order valence-corrected chi connectivity index (χ2v) is 7.63. The lowest BCUT2D eigenvalue weighted by Crippen LogP contribution is -2.44. The molecule has 6 heteroatoms. The van der Waals surface area contributed by atoms with Crippen molar-refractivity contribution in [3.63, 3.8) is 0 Å². The predicted octanol–water partition coefficient (Wildman–Crippen LogP) is 2.75. The van der Waals surface area contributed by atoms with E-state index in [-0.39, 0.29) is 30.2 Å². The molecule has 1 saturated heterocycles. The van der Waals surface area contributed by atoms with E-state index >= 15 is 0 Å². The first-order valence-corrected chi connectivity index (χ1v) is 9.70. The Labute approximate surface area is 160 Å². The molecule has 0 aromatic heterocycles. The van der Waals surface area contributed by atoms with Crippen molar-refractivity contribution in [2.24, 2.45) is 5.92 Å². The summed E-state index contributed by atoms with van der Waals surface area (Å²) in [5.41, 5.74) is 2.30. The molecule has 1 fully saturated rings. The van der Waals surface area contributed by atoms with Gasteiger partial charge in [-0.15, -0.1) is 0 Å². The molecular formula is C21H30N2O4. The largest absolute Gasteiger partial charge is 0.480 e. The van der Waals surface area contributed by atoms with Crippen LogP contribution in [0, 0.1) is 5.92 Å². The summed E-state index contributed by atoms with van der Waals surface area (Å²) < 4.78 is 0. The number of rotatable bonds is 9. The highest BCUT2D eigenvalue weighted by Crippen LogP contribution is 2.25. The van der Waals surface area contributed by atoms with Crippen LogP contribution in [0.3, 0.4) is 0 Å². The lowest BCUT2D eigenvalue weighted by molar-refractivity contribution is -0.142. The highest BCUT2D eigenvalue weighted by molar-refractivity contribution is 5.85. The number of carbonyl (C=O) groups is 3. The van der Waals surface area contributed by atoms with E-state index in [9.17, 15) is 19.5 Å². The van der Waals surface area contributed by atoms with Crippen LogP contribution in [0.1, 0.15) is 57.6 Å². The molecule has 1 aliphatic rings. The number of hydrogen-bond acceptors (Lipinski definition) is 3. The van der Waals surface area contributed by atoms with Gasteiger partial charge in [0, 0.05) is 25.4 Å². The molecule has 6 nitrogen and oxygen atoms in total. The van der Waals surface area contributed by atoms with Crippen molar-refractivity contribution in [3.05, 3.63) is 35.4 Å². The number of amides is 2. The first-order valence-electron chi connectivity index (χ1n) is 9.70. The van der Waals surface area contributed by atoms with E-state index in [2.05, 4.69) is 18.3 Å². The van der Waals surface area contributed by atoms with Crippen LogP contribution in [0.5, 0.6) is 0 Å². The third kappa shape index (κ3) is 5.81. The van der Waals surface area contributed by atoms with E-state index in [0.29, 0.717) is 25.8 Å². The van der Waals surface area contributed by atoms with Gasteiger partial charge in [-0.05, 0) is 36.3 Å². The zero-order valence-electron chi connectivity index (χ0n) is 16.4. The average Bonchev–Trinajstić information content (AvgIpc) is 2.94. The molecule has 0 saturated carbocycles. The second-order valence-electron chi connectivity index (χ2n) is 7.63. The number of hydrogen-bond donors (Lipinski definition) is 2. The lowest BCUT2D eigenvalue weighted by Gasteiger charge is -2.26. The minimum atomic E-state index is -1.02. The fraction of sp³-hybridized carbons (Fsp3) is 0.571. The minimum absolute atomic E-state index is 0.0515. The summed E-state index contributed by atoms with van der Waals surface area (Å²) >= 11 is 0. The molecule has 2 rings (SSSR count). The van der Waals surface area contributed by atoms with Crippen LogP contribution >= 0.6 is 0 Å². The van der Waals surface area contributed by atoms with Crippen molar-refractivity contribution in [1.29, 1.82) is 0 Å². The van der Waals surface area contributed by atoms with Crippen LogP contribution in [0.25, 0.3) is 0 Å². The SMILES string of the molecule is CCc1ccccc1CN1C(=O)CC[C@@H]1CC(=O)N[C@@H](CC(C)C)C(=O)O. The maximum Gasteiger partial charge on any atom is 0.326 e. The maximum atomic E-state index is 12.4. The molecule has 1 aliphatic heterocycles. The molecule has 2 atom stereocenters. The van der Waals surface area contributed by atoms with E-state index in [4.69, 9.17) is 0 Å². The van der Waals surface area contributed by atoms with Crippen LogP contribution in [0.4, 0.5) is 0 Å². The first kappa shape index (κ1) is 20.9. The molecule has 0 radical (unpaired) electrons. The molecule has 0 bridgehead atoms. The Kier molecular flexibility index (Phi) is 7.39. The van der Waals surface area contributed by atoms with Crippen molar-refractivity contribution < 1.29 is 19.5 Å². The number of benzene rings is 1. The molecule has 0 unspecified atom stereocenters. The van der Waals surface area contributed by atoms with Gasteiger partial charge < -0.3 is 15.3 Å². The molecule has 1 heterocycles. The van der Waals surface area contributed by atoms with Gasteiger partial charge in [-0.3, -0.25) is 9.59 Å². The summed E-state index contributed by atoms with van der Waals surface area (Å²) in [7, 11) is 0. The van der Waals surface area contributed by atoms with E-state index in [1.165, 1.54) is 5.56 Å².